The summed E-state index contributed by atoms with van der Waals surface area (Å²) in [6, 6.07) is 17.9. The Kier molecular flexibility index (Phi) is 8.01. The molecule has 1 aliphatic heterocycles. The molecule has 1 saturated heterocycles. The van der Waals surface area contributed by atoms with E-state index in [1.54, 1.807) is 18.2 Å². The Morgan fingerprint density at radius 3 is 2.23 bits per heavy atom. The predicted molar refractivity (Wildman–Crippen MR) is 118 cm³/mol. The summed E-state index contributed by atoms with van der Waals surface area (Å²) >= 11 is 0. The molecule has 3 rings (SSSR count). The molecule has 0 radical (unpaired) electrons. The molecule has 1 heterocycles. The molecule has 2 aromatic rings. The van der Waals surface area contributed by atoms with E-state index in [0.29, 0.717) is 12.8 Å². The van der Waals surface area contributed by atoms with Crippen molar-refractivity contribution in [1.82, 2.24) is 14.9 Å². The lowest BCUT2D eigenvalue weighted by atomic mass is 10.0. The molecule has 0 aromatic heterocycles. The van der Waals surface area contributed by atoms with Crippen molar-refractivity contribution in [2.75, 3.05) is 13.1 Å². The van der Waals surface area contributed by atoms with E-state index >= 15 is 0 Å². The number of sulfonamides is 1. The Morgan fingerprint density at radius 1 is 1.03 bits per heavy atom. The van der Waals surface area contributed by atoms with Crippen molar-refractivity contribution in [3.63, 3.8) is 0 Å². The third-order valence-corrected chi connectivity index (χ3v) is 6.92. The number of carbonyl (C=O) groups is 1. The molecule has 0 spiro atoms. The highest BCUT2D eigenvalue weighted by molar-refractivity contribution is 7.89. The van der Waals surface area contributed by atoms with Crippen molar-refractivity contribution in [3.8, 4) is 0 Å². The highest BCUT2D eigenvalue weighted by Crippen LogP contribution is 2.15. The highest BCUT2D eigenvalue weighted by Gasteiger charge is 2.28. The van der Waals surface area contributed by atoms with E-state index in [4.69, 9.17) is 0 Å². The molecule has 30 heavy (non-hydrogen) atoms. The molecule has 1 fully saturated rings. The number of rotatable bonds is 9. The first-order valence-corrected chi connectivity index (χ1v) is 12.1. The number of carbonyl (C=O) groups excluding carboxylic acids is 1. The largest absolute Gasteiger partial charge is 0.352 e. The van der Waals surface area contributed by atoms with Gasteiger partial charge >= 0.3 is 0 Å². The maximum Gasteiger partial charge on any atom is 0.241 e. The van der Waals surface area contributed by atoms with Crippen molar-refractivity contribution in [3.05, 3.63) is 66.2 Å². The molecule has 7 heteroatoms. The zero-order valence-corrected chi connectivity index (χ0v) is 18.3. The summed E-state index contributed by atoms with van der Waals surface area (Å²) in [5.74, 6) is -0.238. The van der Waals surface area contributed by atoms with Crippen LogP contribution in [0.3, 0.4) is 0 Å². The van der Waals surface area contributed by atoms with Crippen LogP contribution in [-0.4, -0.2) is 44.4 Å². The fourth-order valence-corrected chi connectivity index (χ4v) is 5.02. The number of nitrogens with one attached hydrogen (secondary N) is 2. The van der Waals surface area contributed by atoms with E-state index in [2.05, 4.69) is 27.1 Å². The van der Waals surface area contributed by atoms with Gasteiger partial charge in [-0.15, -0.1) is 0 Å². The van der Waals surface area contributed by atoms with Crippen molar-refractivity contribution < 1.29 is 13.2 Å². The van der Waals surface area contributed by atoms with Crippen LogP contribution in [0.15, 0.2) is 65.6 Å². The zero-order chi connectivity index (χ0) is 21.4. The van der Waals surface area contributed by atoms with Gasteiger partial charge in [0.2, 0.25) is 15.9 Å². The molecule has 1 atom stereocenters. The van der Waals surface area contributed by atoms with Gasteiger partial charge in [-0.1, -0.05) is 61.9 Å². The van der Waals surface area contributed by atoms with E-state index in [-0.39, 0.29) is 16.8 Å². The van der Waals surface area contributed by atoms with Crippen LogP contribution in [0.2, 0.25) is 0 Å². The number of piperidine rings is 1. The van der Waals surface area contributed by atoms with Gasteiger partial charge in [-0.05, 0) is 37.0 Å². The van der Waals surface area contributed by atoms with Crippen LogP contribution in [0.25, 0.3) is 0 Å². The molecule has 1 amide bonds. The SMILES string of the molecule is CCCC(NS(=O)(=O)c1ccccc1)C(=O)NC1CCN(Cc2ccccc2)CC1. The molecular weight excluding hydrogens is 398 g/mol. The van der Waals surface area contributed by atoms with Crippen molar-refractivity contribution in [2.45, 2.75) is 56.1 Å². The van der Waals surface area contributed by atoms with Gasteiger partial charge in [0.25, 0.3) is 0 Å². The van der Waals surface area contributed by atoms with Gasteiger partial charge in [-0.3, -0.25) is 9.69 Å². The number of likely N-dealkylation sites (tertiary alicyclic amines) is 1. The summed E-state index contributed by atoms with van der Waals surface area (Å²) in [6.45, 7) is 4.68. The summed E-state index contributed by atoms with van der Waals surface area (Å²) in [5.41, 5.74) is 1.29. The van der Waals surface area contributed by atoms with Gasteiger partial charge in [0.1, 0.15) is 6.04 Å². The second kappa shape index (κ2) is 10.7. The number of amides is 1. The molecule has 6 nitrogen and oxygen atoms in total. The van der Waals surface area contributed by atoms with E-state index in [0.717, 1.165) is 32.5 Å². The normalized spacial score (nSPS) is 16.8. The van der Waals surface area contributed by atoms with Gasteiger partial charge in [0.05, 0.1) is 4.90 Å². The summed E-state index contributed by atoms with van der Waals surface area (Å²) < 4.78 is 27.9. The monoisotopic (exact) mass is 429 g/mol. The van der Waals surface area contributed by atoms with Crippen molar-refractivity contribution in [1.29, 1.82) is 0 Å². The number of hydrogen-bond acceptors (Lipinski definition) is 4. The van der Waals surface area contributed by atoms with Crippen LogP contribution in [0.4, 0.5) is 0 Å². The third kappa shape index (κ3) is 6.39. The first-order valence-electron chi connectivity index (χ1n) is 10.6. The molecule has 0 saturated carbocycles. The van der Waals surface area contributed by atoms with Crippen LogP contribution >= 0.6 is 0 Å². The van der Waals surface area contributed by atoms with E-state index in [1.165, 1.54) is 17.7 Å². The number of nitrogens with zero attached hydrogens (tertiary/aromatic N) is 1. The molecule has 162 valence electrons. The topological polar surface area (TPSA) is 78.5 Å². The lowest BCUT2D eigenvalue weighted by molar-refractivity contribution is -0.123. The lowest BCUT2D eigenvalue weighted by Gasteiger charge is -2.33. The molecule has 2 N–H and O–H groups in total. The standard InChI is InChI=1S/C23H31N3O3S/c1-2-9-22(25-30(28,29)21-12-7-4-8-13-21)23(27)24-20-14-16-26(17-15-20)18-19-10-5-3-6-11-19/h3-8,10-13,20,22,25H,2,9,14-18H2,1H3,(H,24,27). The van der Waals surface area contributed by atoms with Gasteiger partial charge in [-0.25, -0.2) is 8.42 Å². The predicted octanol–water partition coefficient (Wildman–Crippen LogP) is 2.91. The third-order valence-electron chi connectivity index (χ3n) is 5.43. The minimum Gasteiger partial charge on any atom is -0.352 e. The summed E-state index contributed by atoms with van der Waals surface area (Å²) in [6.07, 6.45) is 2.90. The summed E-state index contributed by atoms with van der Waals surface area (Å²) in [4.78, 5) is 15.4. The first-order chi connectivity index (χ1) is 14.5. The Hall–Kier alpha value is -2.22. The van der Waals surface area contributed by atoms with Crippen molar-refractivity contribution in [2.24, 2.45) is 0 Å². The maximum atomic E-state index is 12.8. The van der Waals surface area contributed by atoms with Gasteiger partial charge in [0, 0.05) is 25.7 Å². The Balaban J connectivity index is 1.53. The van der Waals surface area contributed by atoms with Crippen molar-refractivity contribution >= 4 is 15.9 Å². The van der Waals surface area contributed by atoms with E-state index in [1.807, 2.05) is 25.1 Å². The quantitative estimate of drug-likeness (QED) is 0.642. The Bertz CT molecular complexity index is 896. The minimum absolute atomic E-state index is 0.0742. The van der Waals surface area contributed by atoms with Crippen LogP contribution in [0.5, 0.6) is 0 Å². The molecule has 1 aliphatic rings. The maximum absolute atomic E-state index is 12.8. The fourth-order valence-electron chi connectivity index (χ4n) is 3.77. The average molecular weight is 430 g/mol. The number of benzene rings is 2. The van der Waals surface area contributed by atoms with Crippen LogP contribution in [0, 0.1) is 0 Å². The van der Waals surface area contributed by atoms with Gasteiger partial charge in [-0.2, -0.15) is 4.72 Å². The lowest BCUT2D eigenvalue weighted by Crippen LogP contribution is -2.51. The van der Waals surface area contributed by atoms with Gasteiger partial charge in [0.15, 0.2) is 0 Å². The molecule has 1 unspecified atom stereocenters. The number of hydrogen-bond donors (Lipinski definition) is 2. The molecule has 2 aromatic carbocycles. The molecular formula is C23H31N3O3S. The second-order valence-corrected chi connectivity index (χ2v) is 9.53. The fraction of sp³-hybridized carbons (Fsp3) is 0.435. The molecule has 0 bridgehead atoms. The smallest absolute Gasteiger partial charge is 0.241 e. The Labute approximate surface area is 179 Å². The molecule has 0 aliphatic carbocycles. The van der Waals surface area contributed by atoms with Gasteiger partial charge < -0.3 is 5.32 Å². The van der Waals surface area contributed by atoms with Crippen LogP contribution in [0.1, 0.15) is 38.2 Å². The highest BCUT2D eigenvalue weighted by atomic mass is 32.2. The summed E-state index contributed by atoms with van der Waals surface area (Å²) in [7, 11) is -3.73. The first kappa shape index (κ1) is 22.5. The van der Waals surface area contributed by atoms with E-state index in [9.17, 15) is 13.2 Å². The van der Waals surface area contributed by atoms with Crippen LogP contribution in [-0.2, 0) is 21.4 Å². The van der Waals surface area contributed by atoms with Crippen LogP contribution < -0.4 is 10.0 Å². The average Bonchev–Trinajstić information content (AvgIpc) is 2.76. The zero-order valence-electron chi connectivity index (χ0n) is 17.5. The second-order valence-electron chi connectivity index (χ2n) is 7.82. The summed E-state index contributed by atoms with van der Waals surface area (Å²) in [5, 5.41) is 3.07. The minimum atomic E-state index is -3.73. The van der Waals surface area contributed by atoms with E-state index < -0.39 is 16.1 Å². The Morgan fingerprint density at radius 2 is 1.63 bits per heavy atom.